The van der Waals surface area contributed by atoms with Gasteiger partial charge in [0.2, 0.25) is 0 Å². The first-order valence-corrected chi connectivity index (χ1v) is 13.7. The Labute approximate surface area is 238 Å². The second kappa shape index (κ2) is 13.4. The molecule has 0 aliphatic heterocycles. The average Bonchev–Trinajstić information content (AvgIpc) is 3.28. The Balaban J connectivity index is 1.89. The Hall–Kier alpha value is -4.27. The zero-order chi connectivity index (χ0) is 29.5. The van der Waals surface area contributed by atoms with Gasteiger partial charge < -0.3 is 25.2 Å². The molecule has 0 unspecified atom stereocenters. The van der Waals surface area contributed by atoms with E-state index in [-0.39, 0.29) is 37.0 Å². The normalized spacial score (nSPS) is 12.7. The van der Waals surface area contributed by atoms with Crippen LogP contribution in [-0.4, -0.2) is 44.0 Å². The van der Waals surface area contributed by atoms with Crippen molar-refractivity contribution >= 4 is 17.6 Å². The minimum atomic E-state index is -1.18. The molecule has 4 N–H and O–H groups in total. The molecule has 41 heavy (non-hydrogen) atoms. The summed E-state index contributed by atoms with van der Waals surface area (Å²) in [6.45, 7) is 4.25. The van der Waals surface area contributed by atoms with Gasteiger partial charge in [-0.25, -0.2) is 4.39 Å². The first-order chi connectivity index (χ1) is 19.7. The fourth-order valence-corrected chi connectivity index (χ4v) is 5.20. The van der Waals surface area contributed by atoms with E-state index in [1.165, 1.54) is 12.1 Å². The monoisotopic (exact) mass is 558 g/mol. The largest absolute Gasteiger partial charge is 0.481 e. The van der Waals surface area contributed by atoms with E-state index in [9.17, 15) is 24.2 Å². The van der Waals surface area contributed by atoms with Crippen LogP contribution >= 0.6 is 0 Å². The number of para-hydroxylation sites is 1. The van der Waals surface area contributed by atoms with Crippen molar-refractivity contribution in [3.05, 3.63) is 102 Å². The number of amides is 1. The lowest BCUT2D eigenvalue weighted by molar-refractivity contribution is -0.139. The quantitative estimate of drug-likeness (QED) is 0.163. The number of nitrogens with one attached hydrogen (secondary N) is 1. The summed E-state index contributed by atoms with van der Waals surface area (Å²) < 4.78 is 16.0. The molecule has 0 radical (unpaired) electrons. The number of aliphatic carboxylic acids is 1. The number of anilines is 1. The number of aliphatic hydroxyl groups is 2. The van der Waals surface area contributed by atoms with E-state index in [2.05, 4.69) is 5.32 Å². The highest BCUT2D eigenvalue weighted by Gasteiger charge is 2.31. The van der Waals surface area contributed by atoms with Gasteiger partial charge in [0.1, 0.15) is 5.82 Å². The Bertz CT molecular complexity index is 1470. The zero-order valence-corrected chi connectivity index (χ0v) is 23.1. The Morgan fingerprint density at radius 2 is 1.46 bits per heavy atom. The van der Waals surface area contributed by atoms with Crippen molar-refractivity contribution < 1.29 is 29.3 Å². The molecular weight excluding hydrogens is 523 g/mol. The summed E-state index contributed by atoms with van der Waals surface area (Å²) in [5, 5.41) is 32.8. The third kappa shape index (κ3) is 7.28. The van der Waals surface area contributed by atoms with Crippen LogP contribution in [0.25, 0.3) is 22.4 Å². The number of benzene rings is 3. The number of hydrogen-bond acceptors (Lipinski definition) is 4. The lowest BCUT2D eigenvalue weighted by Gasteiger charge is -2.20. The molecule has 2 atom stereocenters. The maximum absolute atomic E-state index is 14.0. The lowest BCUT2D eigenvalue weighted by atomic mass is 9.94. The van der Waals surface area contributed by atoms with Crippen molar-refractivity contribution in [2.45, 2.75) is 57.8 Å². The van der Waals surface area contributed by atoms with Gasteiger partial charge in [-0.15, -0.1) is 0 Å². The first kappa shape index (κ1) is 29.7. The molecule has 0 fully saturated rings. The van der Waals surface area contributed by atoms with Gasteiger partial charge >= 0.3 is 5.97 Å². The molecule has 0 saturated carbocycles. The number of carboxylic acid groups (broad SMARTS) is 1. The number of rotatable bonds is 12. The predicted molar refractivity (Wildman–Crippen MR) is 157 cm³/mol. The second-order valence-electron chi connectivity index (χ2n) is 10.4. The highest BCUT2D eigenvalue weighted by molar-refractivity contribution is 6.12. The van der Waals surface area contributed by atoms with Crippen molar-refractivity contribution in [2.24, 2.45) is 0 Å². The summed E-state index contributed by atoms with van der Waals surface area (Å²) in [4.78, 5) is 25.0. The number of carboxylic acids is 1. The molecule has 4 aromatic rings. The molecule has 0 aliphatic carbocycles. The summed E-state index contributed by atoms with van der Waals surface area (Å²) >= 11 is 0. The van der Waals surface area contributed by atoms with Gasteiger partial charge in [0.05, 0.1) is 29.9 Å². The average molecular weight is 559 g/mol. The molecule has 7 nitrogen and oxygen atoms in total. The van der Waals surface area contributed by atoms with E-state index in [0.717, 1.165) is 11.3 Å². The van der Waals surface area contributed by atoms with Crippen LogP contribution in [0.4, 0.5) is 10.1 Å². The molecule has 1 amide bonds. The van der Waals surface area contributed by atoms with Gasteiger partial charge in [0.25, 0.3) is 5.91 Å². The summed E-state index contributed by atoms with van der Waals surface area (Å²) in [5.41, 5.74) is 4.77. The van der Waals surface area contributed by atoms with Gasteiger partial charge in [0.15, 0.2) is 0 Å². The smallest absolute Gasteiger partial charge is 0.305 e. The van der Waals surface area contributed by atoms with E-state index in [1.807, 2.05) is 79.1 Å². The highest BCUT2D eigenvalue weighted by Crippen LogP contribution is 2.42. The molecule has 3 aromatic carbocycles. The topological polar surface area (TPSA) is 112 Å². The fraction of sp³-hybridized carbons (Fsp3) is 0.273. The van der Waals surface area contributed by atoms with Crippen LogP contribution < -0.4 is 5.32 Å². The number of carbonyl (C=O) groups excluding carboxylic acids is 1. The molecule has 0 aliphatic rings. The number of hydrogen-bond donors (Lipinski definition) is 4. The van der Waals surface area contributed by atoms with Crippen LogP contribution in [0.3, 0.4) is 0 Å². The Kier molecular flexibility index (Phi) is 9.70. The summed E-state index contributed by atoms with van der Waals surface area (Å²) in [7, 11) is 0. The number of nitrogens with zero attached hydrogens (tertiary/aromatic N) is 1. The molecule has 0 saturated heterocycles. The molecular formula is C33H35FN2O5. The maximum atomic E-state index is 14.0. The van der Waals surface area contributed by atoms with E-state index in [1.54, 1.807) is 12.1 Å². The van der Waals surface area contributed by atoms with E-state index in [4.69, 9.17) is 5.11 Å². The number of aromatic nitrogens is 1. The number of halogens is 1. The molecule has 214 valence electrons. The van der Waals surface area contributed by atoms with Crippen LogP contribution in [0.5, 0.6) is 0 Å². The van der Waals surface area contributed by atoms with Crippen LogP contribution in [0.2, 0.25) is 0 Å². The Morgan fingerprint density at radius 3 is 2.05 bits per heavy atom. The SMILES string of the molecule is CC(C)c1c(C(=O)Nc2ccccc2)c(-c2ccccc2)c(-c2ccc(F)cc2)n1CC[C@H](O)C[C@@H](O)CC(=O)O. The lowest BCUT2D eigenvalue weighted by Crippen LogP contribution is -2.22. The van der Waals surface area contributed by atoms with Gasteiger partial charge in [-0.1, -0.05) is 62.4 Å². The van der Waals surface area contributed by atoms with Crippen molar-refractivity contribution in [3.8, 4) is 22.4 Å². The van der Waals surface area contributed by atoms with Crippen LogP contribution in [-0.2, 0) is 11.3 Å². The molecule has 4 rings (SSSR count). The van der Waals surface area contributed by atoms with E-state index in [0.29, 0.717) is 28.1 Å². The standard InChI is InChI=1S/C33H35FN2O5/c1-21(2)31-30(33(41)35-25-11-7-4-8-12-25)29(22-9-5-3-6-10-22)32(23-13-15-24(34)16-14-23)36(31)18-17-26(37)19-27(38)20-28(39)40/h3-16,21,26-27,37-38H,17-20H2,1-2H3,(H,35,41)(H,39,40)/t26-,27+/m0/s1. The maximum Gasteiger partial charge on any atom is 0.305 e. The second-order valence-corrected chi connectivity index (χ2v) is 10.4. The summed E-state index contributed by atoms with van der Waals surface area (Å²) in [6, 6.07) is 24.8. The van der Waals surface area contributed by atoms with E-state index >= 15 is 0 Å². The van der Waals surface area contributed by atoms with E-state index < -0.39 is 24.6 Å². The van der Waals surface area contributed by atoms with Crippen LogP contribution in [0, 0.1) is 5.82 Å². The van der Waals surface area contributed by atoms with Crippen LogP contribution in [0.15, 0.2) is 84.9 Å². The number of aliphatic hydroxyl groups excluding tert-OH is 2. The molecule has 8 heteroatoms. The van der Waals surface area contributed by atoms with Crippen molar-refractivity contribution in [1.82, 2.24) is 4.57 Å². The molecule has 0 bridgehead atoms. The zero-order valence-electron chi connectivity index (χ0n) is 23.1. The third-order valence-corrected chi connectivity index (χ3v) is 6.93. The van der Waals surface area contributed by atoms with Crippen LogP contribution in [0.1, 0.15) is 55.1 Å². The minimum Gasteiger partial charge on any atom is -0.481 e. The molecule has 1 heterocycles. The van der Waals surface area contributed by atoms with Gasteiger partial charge in [-0.05, 0) is 66.3 Å². The highest BCUT2D eigenvalue weighted by atomic mass is 19.1. The number of carbonyl (C=O) groups is 2. The van der Waals surface area contributed by atoms with Crippen molar-refractivity contribution in [2.75, 3.05) is 5.32 Å². The summed E-state index contributed by atoms with van der Waals surface area (Å²) in [6.07, 6.45) is -2.51. The predicted octanol–water partition coefficient (Wildman–Crippen LogP) is 6.31. The molecule has 0 spiro atoms. The van der Waals surface area contributed by atoms with Gasteiger partial charge in [-0.3, -0.25) is 9.59 Å². The third-order valence-electron chi connectivity index (χ3n) is 6.93. The van der Waals surface area contributed by atoms with Gasteiger partial charge in [-0.2, -0.15) is 0 Å². The van der Waals surface area contributed by atoms with Crippen molar-refractivity contribution in [3.63, 3.8) is 0 Å². The summed E-state index contributed by atoms with van der Waals surface area (Å²) in [5.74, 6) is -1.93. The minimum absolute atomic E-state index is 0.0939. The van der Waals surface area contributed by atoms with Crippen molar-refractivity contribution in [1.29, 1.82) is 0 Å². The Morgan fingerprint density at radius 1 is 0.854 bits per heavy atom. The van der Waals surface area contributed by atoms with Gasteiger partial charge in [0, 0.05) is 23.5 Å². The fourth-order valence-electron chi connectivity index (χ4n) is 5.20. The molecule has 1 aromatic heterocycles. The first-order valence-electron chi connectivity index (χ1n) is 13.7.